The van der Waals surface area contributed by atoms with Crippen molar-refractivity contribution in [1.82, 2.24) is 0 Å². The van der Waals surface area contributed by atoms with Gasteiger partial charge in [0.1, 0.15) is 11.2 Å². The molecular formula is C51H32OS. The summed E-state index contributed by atoms with van der Waals surface area (Å²) >= 11 is 1.88. The molecular weight excluding hydrogens is 661 g/mol. The number of para-hydroxylation sites is 1. The largest absolute Gasteiger partial charge is 0.456 e. The standard InChI is InChI=1S/C51H32OS/c1-2-9-32(10-3-1)33-17-20-35(21-18-33)50(39-24-27-44-43-13-6-7-15-46(43)52-47(44)31-39)38-25-28-48-45(30-38)51-42(14-8-16-49(51)53-48)37-23-26-41-36(29-37)22-19-34-11-4-5-12-40(34)41/h1-31,50H. The summed E-state index contributed by atoms with van der Waals surface area (Å²) in [5.74, 6) is 0.0119. The Morgan fingerprint density at radius 1 is 0.358 bits per heavy atom. The minimum atomic E-state index is 0.0119. The quantitative estimate of drug-likeness (QED) is 0.129. The van der Waals surface area contributed by atoms with Crippen molar-refractivity contribution in [3.8, 4) is 22.3 Å². The zero-order valence-corrected chi connectivity index (χ0v) is 29.6. The molecule has 0 spiro atoms. The van der Waals surface area contributed by atoms with Crippen molar-refractivity contribution in [3.05, 3.63) is 205 Å². The van der Waals surface area contributed by atoms with Crippen LogP contribution in [-0.2, 0) is 0 Å². The lowest BCUT2D eigenvalue weighted by atomic mass is 9.83. The van der Waals surface area contributed by atoms with Gasteiger partial charge in [-0.25, -0.2) is 0 Å². The summed E-state index contributed by atoms with van der Waals surface area (Å²) in [5, 5.41) is 10.0. The Balaban J connectivity index is 1.09. The monoisotopic (exact) mass is 692 g/mol. The molecule has 0 N–H and O–H groups in total. The fourth-order valence-electron chi connectivity index (χ4n) is 8.44. The van der Waals surface area contributed by atoms with Crippen molar-refractivity contribution < 1.29 is 4.42 Å². The van der Waals surface area contributed by atoms with E-state index in [9.17, 15) is 0 Å². The summed E-state index contributed by atoms with van der Waals surface area (Å²) < 4.78 is 9.03. The van der Waals surface area contributed by atoms with Gasteiger partial charge in [0.05, 0.1) is 0 Å². The maximum atomic E-state index is 6.43. The Hall–Kier alpha value is -6.48. The highest BCUT2D eigenvalue weighted by Gasteiger charge is 2.21. The van der Waals surface area contributed by atoms with Crippen LogP contribution in [0.5, 0.6) is 0 Å². The average Bonchev–Trinajstić information content (AvgIpc) is 3.79. The highest BCUT2D eigenvalue weighted by Crippen LogP contribution is 2.44. The second-order valence-electron chi connectivity index (χ2n) is 14.0. The zero-order valence-electron chi connectivity index (χ0n) is 28.8. The highest BCUT2D eigenvalue weighted by molar-refractivity contribution is 7.25. The van der Waals surface area contributed by atoms with Crippen molar-refractivity contribution in [2.45, 2.75) is 5.92 Å². The number of hydrogen-bond donors (Lipinski definition) is 0. The molecule has 0 saturated heterocycles. The normalized spacial score (nSPS) is 12.5. The lowest BCUT2D eigenvalue weighted by molar-refractivity contribution is 0.668. The van der Waals surface area contributed by atoms with Crippen LogP contribution in [-0.4, -0.2) is 0 Å². The molecule has 53 heavy (non-hydrogen) atoms. The molecule has 11 rings (SSSR count). The van der Waals surface area contributed by atoms with E-state index in [0.29, 0.717) is 0 Å². The van der Waals surface area contributed by atoms with Crippen molar-refractivity contribution >= 4 is 75.0 Å². The SMILES string of the molecule is c1ccc(-c2ccc(C(c3ccc4c(c3)oc3ccccc34)c3ccc4sc5cccc(-c6ccc7c(ccc8ccccc87)c6)c5c4c3)cc2)cc1. The number of thiophene rings is 1. The van der Waals surface area contributed by atoms with Crippen molar-refractivity contribution in [3.63, 3.8) is 0 Å². The maximum absolute atomic E-state index is 6.43. The van der Waals surface area contributed by atoms with Crippen LogP contribution in [0.25, 0.3) is 85.9 Å². The lowest BCUT2D eigenvalue weighted by Gasteiger charge is -2.20. The Labute approximate surface area is 311 Å². The van der Waals surface area contributed by atoms with Crippen LogP contribution < -0.4 is 0 Å². The molecule has 1 atom stereocenters. The molecule has 2 heterocycles. The molecule has 2 aromatic heterocycles. The van der Waals surface area contributed by atoms with Crippen LogP contribution in [0.1, 0.15) is 22.6 Å². The summed E-state index contributed by atoms with van der Waals surface area (Å²) in [7, 11) is 0. The Morgan fingerprint density at radius 2 is 1.02 bits per heavy atom. The van der Waals surface area contributed by atoms with Crippen molar-refractivity contribution in [2.75, 3.05) is 0 Å². The summed E-state index contributed by atoms with van der Waals surface area (Å²) in [6, 6.07) is 68.9. The molecule has 0 aliphatic rings. The van der Waals surface area contributed by atoms with E-state index in [1.165, 1.54) is 80.7 Å². The van der Waals surface area contributed by atoms with E-state index in [1.54, 1.807) is 0 Å². The van der Waals surface area contributed by atoms with Crippen LogP contribution in [0.3, 0.4) is 0 Å². The van der Waals surface area contributed by atoms with E-state index >= 15 is 0 Å². The molecule has 2 heteroatoms. The number of hydrogen-bond acceptors (Lipinski definition) is 2. The van der Waals surface area contributed by atoms with Gasteiger partial charge in [-0.15, -0.1) is 11.3 Å². The molecule has 9 aromatic carbocycles. The van der Waals surface area contributed by atoms with Crippen molar-refractivity contribution in [2.24, 2.45) is 0 Å². The molecule has 0 saturated carbocycles. The summed E-state index contributed by atoms with van der Waals surface area (Å²) in [6.45, 7) is 0. The summed E-state index contributed by atoms with van der Waals surface area (Å²) in [4.78, 5) is 0. The maximum Gasteiger partial charge on any atom is 0.135 e. The van der Waals surface area contributed by atoms with Gasteiger partial charge in [-0.1, -0.05) is 152 Å². The molecule has 1 nitrogen and oxygen atoms in total. The molecule has 0 aliphatic heterocycles. The highest BCUT2D eigenvalue weighted by atomic mass is 32.1. The van der Waals surface area contributed by atoms with E-state index in [0.717, 1.165) is 21.9 Å². The molecule has 0 fully saturated rings. The van der Waals surface area contributed by atoms with E-state index in [-0.39, 0.29) is 5.92 Å². The van der Waals surface area contributed by atoms with Gasteiger partial charge in [0, 0.05) is 36.9 Å². The summed E-state index contributed by atoms with van der Waals surface area (Å²) in [5.41, 5.74) is 10.5. The Morgan fingerprint density at radius 3 is 1.92 bits per heavy atom. The fourth-order valence-corrected chi connectivity index (χ4v) is 9.56. The van der Waals surface area contributed by atoms with Gasteiger partial charge < -0.3 is 4.42 Å². The summed E-state index contributed by atoms with van der Waals surface area (Å²) in [6.07, 6.45) is 0. The third-order valence-electron chi connectivity index (χ3n) is 11.0. The first-order chi connectivity index (χ1) is 26.2. The molecule has 0 bridgehead atoms. The van der Waals surface area contributed by atoms with Gasteiger partial charge in [-0.3, -0.25) is 0 Å². The fraction of sp³-hybridized carbons (Fsp3) is 0.0196. The number of rotatable bonds is 5. The molecule has 11 aromatic rings. The topological polar surface area (TPSA) is 13.1 Å². The van der Waals surface area contributed by atoms with E-state index in [2.05, 4.69) is 182 Å². The van der Waals surface area contributed by atoms with Crippen LogP contribution >= 0.6 is 11.3 Å². The zero-order chi connectivity index (χ0) is 34.9. The third kappa shape index (κ3) is 4.98. The van der Waals surface area contributed by atoms with Gasteiger partial charge in [-0.2, -0.15) is 0 Å². The second-order valence-corrected chi connectivity index (χ2v) is 15.1. The van der Waals surface area contributed by atoms with Crippen LogP contribution in [0.2, 0.25) is 0 Å². The molecule has 1 unspecified atom stereocenters. The van der Waals surface area contributed by atoms with E-state index < -0.39 is 0 Å². The van der Waals surface area contributed by atoms with Gasteiger partial charge in [0.25, 0.3) is 0 Å². The first-order valence-corrected chi connectivity index (χ1v) is 19.0. The van der Waals surface area contributed by atoms with Crippen LogP contribution in [0.15, 0.2) is 192 Å². The first kappa shape index (κ1) is 30.2. The van der Waals surface area contributed by atoms with E-state index in [4.69, 9.17) is 4.42 Å². The predicted molar refractivity (Wildman–Crippen MR) is 226 cm³/mol. The third-order valence-corrected chi connectivity index (χ3v) is 12.1. The van der Waals surface area contributed by atoms with Gasteiger partial charge in [-0.05, 0) is 96.9 Å². The van der Waals surface area contributed by atoms with Gasteiger partial charge in [0.15, 0.2) is 0 Å². The minimum Gasteiger partial charge on any atom is -0.456 e. The minimum absolute atomic E-state index is 0.0119. The van der Waals surface area contributed by atoms with Crippen LogP contribution in [0, 0.1) is 0 Å². The lowest BCUT2D eigenvalue weighted by Crippen LogP contribution is -2.03. The first-order valence-electron chi connectivity index (χ1n) is 18.2. The molecule has 0 amide bonds. The smallest absolute Gasteiger partial charge is 0.135 e. The Kier molecular flexibility index (Phi) is 6.86. The predicted octanol–water partition coefficient (Wildman–Crippen LogP) is 14.8. The molecule has 0 aliphatic carbocycles. The van der Waals surface area contributed by atoms with Gasteiger partial charge >= 0.3 is 0 Å². The van der Waals surface area contributed by atoms with Crippen LogP contribution in [0.4, 0.5) is 0 Å². The van der Waals surface area contributed by atoms with Gasteiger partial charge in [0.2, 0.25) is 0 Å². The van der Waals surface area contributed by atoms with Crippen molar-refractivity contribution in [1.29, 1.82) is 0 Å². The number of furan rings is 1. The number of benzene rings is 9. The average molecular weight is 693 g/mol. The number of fused-ring (bicyclic) bond motifs is 9. The second kappa shape index (κ2) is 12.1. The molecule has 0 radical (unpaired) electrons. The Bertz CT molecular complexity index is 3170. The molecule has 248 valence electrons. The van der Waals surface area contributed by atoms with E-state index in [1.807, 2.05) is 17.4 Å².